The summed E-state index contributed by atoms with van der Waals surface area (Å²) >= 11 is 0. The first kappa shape index (κ1) is 12.2. The van der Waals surface area contributed by atoms with Gasteiger partial charge in [-0.2, -0.15) is 13.2 Å². The summed E-state index contributed by atoms with van der Waals surface area (Å²) < 4.78 is 40.0. The number of terminal acetylenes is 1. The third-order valence-corrected chi connectivity index (χ3v) is 1.65. The second-order valence-corrected chi connectivity index (χ2v) is 2.99. The number of ether oxygens (including phenoxy) is 1. The zero-order valence-corrected chi connectivity index (χ0v) is 8.34. The fourth-order valence-electron chi connectivity index (χ4n) is 0.987. The first-order valence-electron chi connectivity index (χ1n) is 4.48. The van der Waals surface area contributed by atoms with Crippen LogP contribution in [0.5, 0.6) is 5.75 Å². The van der Waals surface area contributed by atoms with E-state index in [1.54, 1.807) is 12.1 Å². The van der Waals surface area contributed by atoms with Crippen LogP contribution in [0.2, 0.25) is 0 Å². The van der Waals surface area contributed by atoms with Gasteiger partial charge in [0, 0.05) is 5.69 Å². The van der Waals surface area contributed by atoms with Gasteiger partial charge in [-0.05, 0) is 24.3 Å². The van der Waals surface area contributed by atoms with Gasteiger partial charge in [0.25, 0.3) is 0 Å². The molecule has 1 N–H and O–H groups in total. The van der Waals surface area contributed by atoms with Crippen molar-refractivity contribution in [1.82, 2.24) is 0 Å². The summed E-state index contributed by atoms with van der Waals surface area (Å²) in [5, 5.41) is 2.88. The van der Waals surface area contributed by atoms with Gasteiger partial charge < -0.3 is 10.1 Å². The van der Waals surface area contributed by atoms with E-state index in [0.29, 0.717) is 6.54 Å². The van der Waals surface area contributed by atoms with Gasteiger partial charge in [-0.1, -0.05) is 5.92 Å². The van der Waals surface area contributed by atoms with E-state index in [2.05, 4.69) is 16.0 Å². The Balaban J connectivity index is 2.49. The predicted molar refractivity (Wildman–Crippen MR) is 55.3 cm³/mol. The Morgan fingerprint density at radius 2 is 1.88 bits per heavy atom. The molecule has 0 amide bonds. The molecule has 1 aromatic carbocycles. The molecule has 0 aliphatic heterocycles. The summed E-state index contributed by atoms with van der Waals surface area (Å²) in [5.41, 5.74) is 0.734. The van der Waals surface area contributed by atoms with E-state index in [1.807, 2.05) is 0 Å². The Morgan fingerprint density at radius 3 is 2.38 bits per heavy atom. The highest BCUT2D eigenvalue weighted by Gasteiger charge is 2.28. The molecule has 0 aliphatic carbocycles. The topological polar surface area (TPSA) is 21.3 Å². The lowest BCUT2D eigenvalue weighted by Crippen LogP contribution is -2.19. The van der Waals surface area contributed by atoms with Crippen LogP contribution in [0.4, 0.5) is 18.9 Å². The summed E-state index contributed by atoms with van der Waals surface area (Å²) in [5.74, 6) is 2.55. The quantitative estimate of drug-likeness (QED) is 0.801. The summed E-state index contributed by atoms with van der Waals surface area (Å²) in [7, 11) is 0. The maximum atomic E-state index is 11.8. The van der Waals surface area contributed by atoms with Gasteiger partial charge in [-0.15, -0.1) is 6.42 Å². The third kappa shape index (κ3) is 4.60. The van der Waals surface area contributed by atoms with Gasteiger partial charge in [0.05, 0.1) is 6.54 Å². The lowest BCUT2D eigenvalue weighted by Gasteiger charge is -2.09. The van der Waals surface area contributed by atoms with Crippen molar-refractivity contribution in [3.8, 4) is 18.1 Å². The number of alkyl halides is 3. The van der Waals surface area contributed by atoms with Crippen LogP contribution in [-0.2, 0) is 0 Å². The standard InChI is InChI=1S/C11H10F3NO/c1-2-7-15-9-3-5-10(6-4-9)16-8-11(12,13)14/h1,3-6,15H,7-8H2. The average Bonchev–Trinajstić information content (AvgIpc) is 2.24. The SMILES string of the molecule is C#CCNc1ccc(OCC(F)(F)F)cc1. The third-order valence-electron chi connectivity index (χ3n) is 1.65. The predicted octanol–water partition coefficient (Wildman–Crippen LogP) is 2.67. The Morgan fingerprint density at radius 1 is 1.25 bits per heavy atom. The highest BCUT2D eigenvalue weighted by Crippen LogP contribution is 2.19. The molecule has 16 heavy (non-hydrogen) atoms. The van der Waals surface area contributed by atoms with Crippen molar-refractivity contribution in [3.05, 3.63) is 24.3 Å². The van der Waals surface area contributed by atoms with Crippen LogP contribution in [0.25, 0.3) is 0 Å². The van der Waals surface area contributed by atoms with Crippen LogP contribution < -0.4 is 10.1 Å². The van der Waals surface area contributed by atoms with Crippen molar-refractivity contribution in [2.24, 2.45) is 0 Å². The van der Waals surface area contributed by atoms with Crippen molar-refractivity contribution in [2.45, 2.75) is 6.18 Å². The number of rotatable bonds is 4. The van der Waals surface area contributed by atoms with Crippen LogP contribution in [0, 0.1) is 12.3 Å². The van der Waals surface area contributed by atoms with Gasteiger partial charge in [0.2, 0.25) is 0 Å². The monoisotopic (exact) mass is 229 g/mol. The Bertz CT molecular complexity index is 364. The molecule has 1 rings (SSSR count). The van der Waals surface area contributed by atoms with E-state index in [-0.39, 0.29) is 5.75 Å². The van der Waals surface area contributed by atoms with Crippen molar-refractivity contribution in [1.29, 1.82) is 0 Å². The molecule has 0 saturated heterocycles. The fourth-order valence-corrected chi connectivity index (χ4v) is 0.987. The average molecular weight is 229 g/mol. The van der Waals surface area contributed by atoms with Gasteiger partial charge in [-0.3, -0.25) is 0 Å². The molecular formula is C11H10F3NO. The smallest absolute Gasteiger partial charge is 0.422 e. The summed E-state index contributed by atoms with van der Waals surface area (Å²) in [6.45, 7) is -0.924. The first-order chi connectivity index (χ1) is 7.51. The van der Waals surface area contributed by atoms with E-state index in [1.165, 1.54) is 12.1 Å². The zero-order valence-electron chi connectivity index (χ0n) is 8.34. The number of anilines is 1. The molecule has 0 heterocycles. The van der Waals surface area contributed by atoms with E-state index in [9.17, 15) is 13.2 Å². The maximum Gasteiger partial charge on any atom is 0.422 e. The van der Waals surface area contributed by atoms with E-state index >= 15 is 0 Å². The number of benzene rings is 1. The van der Waals surface area contributed by atoms with Gasteiger partial charge in [0.1, 0.15) is 5.75 Å². The molecule has 86 valence electrons. The van der Waals surface area contributed by atoms with Gasteiger partial charge >= 0.3 is 6.18 Å². The molecule has 0 aliphatic rings. The minimum Gasteiger partial charge on any atom is -0.484 e. The molecule has 0 saturated carbocycles. The normalized spacial score (nSPS) is 10.6. The first-order valence-corrected chi connectivity index (χ1v) is 4.48. The molecule has 5 heteroatoms. The van der Waals surface area contributed by atoms with E-state index in [0.717, 1.165) is 5.69 Å². The number of hydrogen-bond acceptors (Lipinski definition) is 2. The fraction of sp³-hybridized carbons (Fsp3) is 0.273. The summed E-state index contributed by atoms with van der Waals surface area (Å²) in [6.07, 6.45) is 0.721. The minimum absolute atomic E-state index is 0.170. The maximum absolute atomic E-state index is 11.8. The van der Waals surface area contributed by atoms with Crippen LogP contribution in [0.1, 0.15) is 0 Å². The van der Waals surface area contributed by atoms with Crippen molar-refractivity contribution in [3.63, 3.8) is 0 Å². The molecular weight excluding hydrogens is 219 g/mol. The Hall–Kier alpha value is -1.83. The molecule has 0 fully saturated rings. The van der Waals surface area contributed by atoms with Gasteiger partial charge in [-0.25, -0.2) is 0 Å². The molecule has 0 bridgehead atoms. The van der Waals surface area contributed by atoms with Crippen LogP contribution >= 0.6 is 0 Å². The van der Waals surface area contributed by atoms with Crippen LogP contribution in [0.3, 0.4) is 0 Å². The lowest BCUT2D eigenvalue weighted by atomic mass is 10.3. The lowest BCUT2D eigenvalue weighted by molar-refractivity contribution is -0.153. The largest absolute Gasteiger partial charge is 0.484 e. The highest BCUT2D eigenvalue weighted by molar-refractivity contribution is 5.47. The zero-order chi connectivity index (χ0) is 12.0. The summed E-state index contributed by atoms with van der Waals surface area (Å²) in [6, 6.07) is 6.10. The van der Waals surface area contributed by atoms with Crippen molar-refractivity contribution >= 4 is 5.69 Å². The molecule has 2 nitrogen and oxygen atoms in total. The Kier molecular flexibility index (Phi) is 4.06. The molecule has 0 aromatic heterocycles. The van der Waals surface area contributed by atoms with Crippen LogP contribution in [-0.4, -0.2) is 19.3 Å². The van der Waals surface area contributed by atoms with Crippen LogP contribution in [0.15, 0.2) is 24.3 Å². The number of nitrogens with one attached hydrogen (secondary N) is 1. The number of hydrogen-bond donors (Lipinski definition) is 1. The van der Waals surface area contributed by atoms with E-state index < -0.39 is 12.8 Å². The molecule has 0 unspecified atom stereocenters. The summed E-state index contributed by atoms with van der Waals surface area (Å²) in [4.78, 5) is 0. The van der Waals surface area contributed by atoms with Crippen molar-refractivity contribution in [2.75, 3.05) is 18.5 Å². The second kappa shape index (κ2) is 5.31. The van der Waals surface area contributed by atoms with E-state index in [4.69, 9.17) is 6.42 Å². The molecule has 0 radical (unpaired) electrons. The highest BCUT2D eigenvalue weighted by atomic mass is 19.4. The molecule has 0 atom stereocenters. The molecule has 0 spiro atoms. The molecule has 1 aromatic rings. The number of halogens is 3. The Labute approximate surface area is 91.4 Å². The second-order valence-electron chi connectivity index (χ2n) is 2.99. The van der Waals surface area contributed by atoms with Gasteiger partial charge in [0.15, 0.2) is 6.61 Å². The minimum atomic E-state index is -4.32. The van der Waals surface area contributed by atoms with Crippen molar-refractivity contribution < 1.29 is 17.9 Å².